The number of rotatable bonds is 10. The van der Waals surface area contributed by atoms with Crippen molar-refractivity contribution in [2.75, 3.05) is 15.8 Å². The molecule has 0 fully saturated rings. The van der Waals surface area contributed by atoms with Crippen molar-refractivity contribution >= 4 is 45.1 Å². The maximum atomic E-state index is 13.2. The van der Waals surface area contributed by atoms with Crippen molar-refractivity contribution in [2.24, 2.45) is 0 Å². The number of nitrogens with two attached hydrogens (primary N) is 1. The first kappa shape index (κ1) is 30.0. The number of hydrogen-bond acceptors (Lipinski definition) is 10. The van der Waals surface area contributed by atoms with E-state index in [1.54, 1.807) is 6.07 Å². The van der Waals surface area contributed by atoms with E-state index in [1.807, 2.05) is 38.1 Å². The van der Waals surface area contributed by atoms with Crippen LogP contribution in [0.25, 0.3) is 11.1 Å². The van der Waals surface area contributed by atoms with Crippen molar-refractivity contribution < 1.29 is 13.2 Å². The predicted molar refractivity (Wildman–Crippen MR) is 161 cm³/mol. The summed E-state index contributed by atoms with van der Waals surface area (Å²) in [4.78, 5) is 25.2. The minimum Gasteiger partial charge on any atom is -0.383 e. The monoisotopic (exact) mass is 598 g/mol. The Morgan fingerprint density at radius 2 is 1.64 bits per heavy atom. The van der Waals surface area contributed by atoms with E-state index in [0.717, 1.165) is 23.7 Å². The van der Waals surface area contributed by atoms with Crippen molar-refractivity contribution in [2.45, 2.75) is 41.9 Å². The molecule has 1 amide bonds. The van der Waals surface area contributed by atoms with E-state index in [4.69, 9.17) is 5.73 Å². The average Bonchev–Trinajstić information content (AvgIpc) is 3.00. The van der Waals surface area contributed by atoms with Gasteiger partial charge in [-0.3, -0.25) is 4.79 Å². The molecule has 2 heterocycles. The minimum atomic E-state index is -3.93. The van der Waals surface area contributed by atoms with Gasteiger partial charge in [-0.25, -0.2) is 28.1 Å². The highest BCUT2D eigenvalue weighted by Gasteiger charge is 2.26. The van der Waals surface area contributed by atoms with Gasteiger partial charge in [0, 0.05) is 23.6 Å². The Kier molecular flexibility index (Phi) is 9.37. The quantitative estimate of drug-likeness (QED) is 0.215. The smallest absolute Gasteiger partial charge is 0.264 e. The van der Waals surface area contributed by atoms with Gasteiger partial charge in [-0.15, -0.1) is 0 Å². The van der Waals surface area contributed by atoms with Gasteiger partial charge in [0.25, 0.3) is 10.0 Å². The minimum absolute atomic E-state index is 0.0323. The molecule has 2 aromatic heterocycles. The Hall–Kier alpha value is -4.98. The number of nitrogen functional groups attached to an aromatic ring is 1. The molecule has 2 aromatic carbocycles. The second-order valence-corrected chi connectivity index (χ2v) is 11.8. The molecule has 1 unspecified atom stereocenters. The fourth-order valence-corrected chi connectivity index (χ4v) is 5.98. The highest BCUT2D eigenvalue weighted by Crippen LogP contribution is 2.38. The van der Waals surface area contributed by atoms with Gasteiger partial charge in [0.05, 0.1) is 15.7 Å². The molecular formula is C29H26N8O3S2. The molecule has 0 saturated heterocycles. The normalized spacial score (nSPS) is 11.6. The van der Waals surface area contributed by atoms with Crippen LogP contribution in [-0.4, -0.2) is 34.5 Å². The maximum absolute atomic E-state index is 13.2. The number of nitrogens with one attached hydrogen (secondary N) is 2. The van der Waals surface area contributed by atoms with Crippen LogP contribution in [0.2, 0.25) is 0 Å². The first-order valence-corrected chi connectivity index (χ1v) is 15.2. The summed E-state index contributed by atoms with van der Waals surface area (Å²) in [5.41, 5.74) is 8.90. The summed E-state index contributed by atoms with van der Waals surface area (Å²) in [6.07, 6.45) is 4.05. The van der Waals surface area contributed by atoms with Crippen LogP contribution in [0.15, 0.2) is 76.9 Å². The van der Waals surface area contributed by atoms with Crippen LogP contribution in [0.4, 0.5) is 17.5 Å². The number of aromatic nitrogens is 3. The Morgan fingerprint density at radius 1 is 1.00 bits per heavy atom. The zero-order valence-corrected chi connectivity index (χ0v) is 24.3. The lowest BCUT2D eigenvalue weighted by Gasteiger charge is -2.18. The molecule has 42 heavy (non-hydrogen) atoms. The lowest BCUT2D eigenvalue weighted by Crippen LogP contribution is -2.25. The zero-order chi connectivity index (χ0) is 30.3. The third-order valence-electron chi connectivity index (χ3n) is 6.21. The van der Waals surface area contributed by atoms with Crippen LogP contribution in [0.1, 0.15) is 37.0 Å². The molecule has 4 N–H and O–H groups in total. The Labute approximate surface area is 247 Å². The lowest BCUT2D eigenvalue weighted by molar-refractivity contribution is -0.115. The van der Waals surface area contributed by atoms with Gasteiger partial charge < -0.3 is 11.1 Å². The van der Waals surface area contributed by atoms with Crippen LogP contribution in [0.3, 0.4) is 0 Å². The fourth-order valence-electron chi connectivity index (χ4n) is 4.01. The second-order valence-electron chi connectivity index (χ2n) is 8.91. The first-order valence-electron chi connectivity index (χ1n) is 12.8. The summed E-state index contributed by atoms with van der Waals surface area (Å²) in [6, 6.07) is 18.9. The van der Waals surface area contributed by atoms with Crippen molar-refractivity contribution in [3.63, 3.8) is 0 Å². The molecule has 0 saturated carbocycles. The Morgan fingerprint density at radius 3 is 2.21 bits per heavy atom. The summed E-state index contributed by atoms with van der Waals surface area (Å²) in [5.74, 6) is -0.473. The van der Waals surface area contributed by atoms with Crippen molar-refractivity contribution in [3.8, 4) is 23.3 Å². The number of benzene rings is 2. The highest BCUT2D eigenvalue weighted by molar-refractivity contribution is 8.00. The van der Waals surface area contributed by atoms with E-state index < -0.39 is 15.3 Å². The summed E-state index contributed by atoms with van der Waals surface area (Å²) >= 11 is 1.07. The van der Waals surface area contributed by atoms with Crippen LogP contribution in [-0.2, 0) is 21.2 Å². The third kappa shape index (κ3) is 6.66. The van der Waals surface area contributed by atoms with Crippen LogP contribution >= 0.6 is 11.8 Å². The zero-order valence-electron chi connectivity index (χ0n) is 22.7. The number of anilines is 3. The van der Waals surface area contributed by atoms with Gasteiger partial charge in [-0.1, -0.05) is 49.9 Å². The van der Waals surface area contributed by atoms with E-state index in [9.17, 15) is 23.7 Å². The molecule has 0 radical (unpaired) electrons. The summed E-state index contributed by atoms with van der Waals surface area (Å²) < 4.78 is 27.6. The largest absolute Gasteiger partial charge is 0.383 e. The van der Waals surface area contributed by atoms with E-state index in [-0.39, 0.29) is 38.7 Å². The predicted octanol–water partition coefficient (Wildman–Crippen LogP) is 4.74. The van der Waals surface area contributed by atoms with Gasteiger partial charge in [-0.05, 0) is 54.3 Å². The third-order valence-corrected chi connectivity index (χ3v) is 8.90. The standard InChI is InChI=1S/C29H26N8O3S2/c1-3-18-6-8-19(9-7-18)25-22(16-30)26(32)36-28(23(25)17-31)41-24(4-2)27(38)35-20-10-12-21(13-11-20)42(39,40)37-29-33-14-5-15-34-29/h5-15,24H,3-4H2,1-2H3,(H2,32,36)(H,35,38)(H,33,34,37). The topological polar surface area (TPSA) is 188 Å². The molecule has 0 bridgehead atoms. The molecule has 4 rings (SSSR count). The maximum Gasteiger partial charge on any atom is 0.264 e. The lowest BCUT2D eigenvalue weighted by atomic mass is 9.96. The molecule has 0 aliphatic heterocycles. The van der Waals surface area contributed by atoms with E-state index in [2.05, 4.69) is 37.1 Å². The highest BCUT2D eigenvalue weighted by atomic mass is 32.2. The number of nitrogens with zero attached hydrogens (tertiary/aromatic N) is 5. The first-order chi connectivity index (χ1) is 20.2. The van der Waals surface area contributed by atoms with E-state index in [1.165, 1.54) is 36.7 Å². The van der Waals surface area contributed by atoms with E-state index in [0.29, 0.717) is 23.2 Å². The molecule has 212 valence electrons. The van der Waals surface area contributed by atoms with Crippen LogP contribution in [0.5, 0.6) is 0 Å². The molecule has 0 aliphatic carbocycles. The van der Waals surface area contributed by atoms with Crippen molar-refractivity contribution in [1.82, 2.24) is 15.0 Å². The number of nitriles is 2. The summed E-state index contributed by atoms with van der Waals surface area (Å²) in [7, 11) is -3.93. The Balaban J connectivity index is 1.56. The Bertz CT molecular complexity index is 1780. The molecule has 1 atom stereocenters. The summed E-state index contributed by atoms with van der Waals surface area (Å²) in [5, 5.41) is 22.2. The van der Waals surface area contributed by atoms with Crippen molar-refractivity contribution in [3.05, 3.63) is 83.7 Å². The SMILES string of the molecule is CCc1ccc(-c2c(C#N)c(N)nc(SC(CC)C(=O)Nc3ccc(S(=O)(=O)Nc4ncccn4)cc3)c2C#N)cc1. The molecule has 0 spiro atoms. The number of carbonyl (C=O) groups is 1. The van der Waals surface area contributed by atoms with Gasteiger partial charge in [0.15, 0.2) is 0 Å². The average molecular weight is 599 g/mol. The number of thioether (sulfide) groups is 1. The van der Waals surface area contributed by atoms with Gasteiger partial charge in [0.1, 0.15) is 28.5 Å². The van der Waals surface area contributed by atoms with E-state index >= 15 is 0 Å². The number of hydrogen-bond donors (Lipinski definition) is 3. The van der Waals surface area contributed by atoms with Crippen LogP contribution in [0, 0.1) is 22.7 Å². The fraction of sp³-hybridized carbons (Fsp3) is 0.172. The molecule has 13 heteroatoms. The molecule has 4 aromatic rings. The number of aryl methyl sites for hydroxylation is 1. The second kappa shape index (κ2) is 13.1. The molecule has 0 aliphatic rings. The molecule has 11 nitrogen and oxygen atoms in total. The number of sulfonamides is 1. The number of amides is 1. The number of carbonyl (C=O) groups excluding carboxylic acids is 1. The van der Waals surface area contributed by atoms with Gasteiger partial charge in [0.2, 0.25) is 11.9 Å². The van der Waals surface area contributed by atoms with Crippen LogP contribution < -0.4 is 15.8 Å². The van der Waals surface area contributed by atoms with Crippen molar-refractivity contribution in [1.29, 1.82) is 10.5 Å². The van der Waals surface area contributed by atoms with Gasteiger partial charge in [-0.2, -0.15) is 10.5 Å². The molecular weight excluding hydrogens is 573 g/mol. The number of pyridine rings is 1. The summed E-state index contributed by atoms with van der Waals surface area (Å²) in [6.45, 7) is 3.84. The van der Waals surface area contributed by atoms with Gasteiger partial charge >= 0.3 is 0 Å².